The van der Waals surface area contributed by atoms with E-state index in [-0.39, 0.29) is 29.0 Å². The molecule has 0 spiro atoms. The summed E-state index contributed by atoms with van der Waals surface area (Å²) in [6.07, 6.45) is 1.99. The van der Waals surface area contributed by atoms with Gasteiger partial charge in [-0.25, -0.2) is 0 Å². The molecule has 1 amide bonds. The maximum atomic E-state index is 12.7. The van der Waals surface area contributed by atoms with Crippen LogP contribution in [0.4, 0.5) is 11.4 Å². The molecule has 9 heteroatoms. The van der Waals surface area contributed by atoms with E-state index >= 15 is 0 Å². The molecule has 1 aliphatic heterocycles. The Morgan fingerprint density at radius 2 is 2.07 bits per heavy atom. The molecule has 2 heterocycles. The number of benzene rings is 1. The number of para-hydroxylation sites is 2. The third-order valence-electron chi connectivity index (χ3n) is 4.84. The number of hydrogen-bond acceptors (Lipinski definition) is 7. The van der Waals surface area contributed by atoms with Crippen LogP contribution in [0.2, 0.25) is 0 Å². The molecule has 1 aromatic heterocycles. The van der Waals surface area contributed by atoms with Crippen LogP contribution in [0.15, 0.2) is 28.8 Å². The van der Waals surface area contributed by atoms with Crippen molar-refractivity contribution in [3.63, 3.8) is 0 Å². The fraction of sp³-hybridized carbons (Fsp3) is 0.500. The Balaban J connectivity index is 1.58. The first kappa shape index (κ1) is 18.8. The van der Waals surface area contributed by atoms with Crippen LogP contribution < -0.4 is 4.90 Å². The number of amides is 1. The quantitative estimate of drug-likeness (QED) is 0.565. The lowest BCUT2D eigenvalue weighted by atomic mass is 9.95. The molecule has 0 N–H and O–H groups in total. The van der Waals surface area contributed by atoms with Crippen LogP contribution in [0.25, 0.3) is 0 Å². The minimum absolute atomic E-state index is 0.0356. The molecular formula is C18H23N5O4. The number of aryl methyl sites for hydroxylation is 1. The van der Waals surface area contributed by atoms with Crippen molar-refractivity contribution in [2.24, 2.45) is 5.92 Å². The largest absolute Gasteiger partial charge is 0.366 e. The van der Waals surface area contributed by atoms with Crippen molar-refractivity contribution in [3.05, 3.63) is 46.1 Å². The summed E-state index contributed by atoms with van der Waals surface area (Å²) in [5.41, 5.74) is 0.710. The standard InChI is InChI=1S/C18H23N5O4/c1-3-16-19-17(27-20-16)12-21(2)18(24)13-8-10-22(11-9-13)14-6-4-5-7-15(14)23(25)26/h4-7,13H,3,8-12H2,1-2H3. The first-order chi connectivity index (χ1) is 13.0. The van der Waals surface area contributed by atoms with Gasteiger partial charge in [-0.1, -0.05) is 24.2 Å². The summed E-state index contributed by atoms with van der Waals surface area (Å²) in [6, 6.07) is 6.72. The molecule has 0 unspecified atom stereocenters. The highest BCUT2D eigenvalue weighted by Gasteiger charge is 2.30. The molecule has 3 rings (SSSR count). The van der Waals surface area contributed by atoms with Gasteiger partial charge in [0.15, 0.2) is 5.82 Å². The number of nitro groups is 1. The molecule has 1 fully saturated rings. The molecular weight excluding hydrogens is 350 g/mol. The zero-order valence-corrected chi connectivity index (χ0v) is 15.5. The Morgan fingerprint density at radius 1 is 1.37 bits per heavy atom. The highest BCUT2D eigenvalue weighted by molar-refractivity contribution is 5.79. The van der Waals surface area contributed by atoms with Crippen molar-refractivity contribution in [2.45, 2.75) is 32.7 Å². The average molecular weight is 373 g/mol. The number of carbonyl (C=O) groups excluding carboxylic acids is 1. The van der Waals surface area contributed by atoms with E-state index in [0.717, 1.165) is 0 Å². The van der Waals surface area contributed by atoms with Gasteiger partial charge in [0.05, 0.1) is 11.5 Å². The summed E-state index contributed by atoms with van der Waals surface area (Å²) in [5, 5.41) is 15.1. The normalized spacial score (nSPS) is 15.0. The molecule has 0 saturated carbocycles. The number of nitro benzene ring substituents is 1. The van der Waals surface area contributed by atoms with Gasteiger partial charge in [-0.2, -0.15) is 4.98 Å². The first-order valence-corrected chi connectivity index (χ1v) is 9.04. The summed E-state index contributed by atoms with van der Waals surface area (Å²) in [7, 11) is 1.73. The summed E-state index contributed by atoms with van der Waals surface area (Å²) < 4.78 is 5.15. The van der Waals surface area contributed by atoms with E-state index in [1.165, 1.54) is 6.07 Å². The van der Waals surface area contributed by atoms with Crippen LogP contribution in [-0.4, -0.2) is 46.0 Å². The van der Waals surface area contributed by atoms with Gasteiger partial charge in [-0.05, 0) is 18.9 Å². The van der Waals surface area contributed by atoms with Crippen LogP contribution in [0, 0.1) is 16.0 Å². The highest BCUT2D eigenvalue weighted by atomic mass is 16.6. The van der Waals surface area contributed by atoms with Gasteiger partial charge < -0.3 is 14.3 Å². The lowest BCUT2D eigenvalue weighted by Gasteiger charge is -2.34. The summed E-state index contributed by atoms with van der Waals surface area (Å²) in [4.78, 5) is 31.4. The second kappa shape index (κ2) is 8.15. The van der Waals surface area contributed by atoms with Crippen molar-refractivity contribution in [2.75, 3.05) is 25.0 Å². The Hall–Kier alpha value is -2.97. The average Bonchev–Trinajstić information content (AvgIpc) is 3.15. The van der Waals surface area contributed by atoms with Gasteiger partial charge in [0, 0.05) is 38.5 Å². The number of rotatable bonds is 6. The predicted molar refractivity (Wildman–Crippen MR) is 98.2 cm³/mol. The molecule has 144 valence electrons. The van der Waals surface area contributed by atoms with Crippen molar-refractivity contribution in [1.29, 1.82) is 0 Å². The third kappa shape index (κ3) is 4.24. The number of anilines is 1. The number of carbonyl (C=O) groups is 1. The maximum Gasteiger partial charge on any atom is 0.292 e. The van der Waals surface area contributed by atoms with Gasteiger partial charge in [-0.3, -0.25) is 14.9 Å². The van der Waals surface area contributed by atoms with Gasteiger partial charge in [-0.15, -0.1) is 0 Å². The molecule has 0 aliphatic carbocycles. The lowest BCUT2D eigenvalue weighted by molar-refractivity contribution is -0.384. The molecule has 0 radical (unpaired) electrons. The van der Waals surface area contributed by atoms with Gasteiger partial charge in [0.2, 0.25) is 11.8 Å². The van der Waals surface area contributed by atoms with E-state index in [1.807, 2.05) is 11.8 Å². The van der Waals surface area contributed by atoms with Crippen molar-refractivity contribution < 1.29 is 14.2 Å². The molecule has 2 aromatic rings. The van der Waals surface area contributed by atoms with Crippen LogP contribution in [0.1, 0.15) is 31.5 Å². The molecule has 1 saturated heterocycles. The number of piperidine rings is 1. The van der Waals surface area contributed by atoms with E-state index in [1.54, 1.807) is 30.1 Å². The van der Waals surface area contributed by atoms with Crippen molar-refractivity contribution in [1.82, 2.24) is 15.0 Å². The highest BCUT2D eigenvalue weighted by Crippen LogP contribution is 2.31. The zero-order valence-electron chi connectivity index (χ0n) is 15.5. The van der Waals surface area contributed by atoms with Gasteiger partial charge in [0.25, 0.3) is 5.69 Å². The van der Waals surface area contributed by atoms with Crippen LogP contribution in [0.3, 0.4) is 0 Å². The Kier molecular flexibility index (Phi) is 5.68. The number of hydrogen-bond donors (Lipinski definition) is 0. The molecule has 0 bridgehead atoms. The predicted octanol–water partition coefficient (Wildman–Crippen LogP) is 2.42. The lowest BCUT2D eigenvalue weighted by Crippen LogP contribution is -2.41. The fourth-order valence-corrected chi connectivity index (χ4v) is 3.34. The van der Waals surface area contributed by atoms with Gasteiger partial charge >= 0.3 is 0 Å². The molecule has 0 atom stereocenters. The summed E-state index contributed by atoms with van der Waals surface area (Å²) >= 11 is 0. The van der Waals surface area contributed by atoms with E-state index in [4.69, 9.17) is 4.52 Å². The smallest absolute Gasteiger partial charge is 0.292 e. The van der Waals surface area contributed by atoms with E-state index in [0.29, 0.717) is 49.8 Å². The second-order valence-corrected chi connectivity index (χ2v) is 6.66. The minimum Gasteiger partial charge on any atom is -0.366 e. The second-order valence-electron chi connectivity index (χ2n) is 6.66. The van der Waals surface area contributed by atoms with Crippen molar-refractivity contribution >= 4 is 17.3 Å². The fourth-order valence-electron chi connectivity index (χ4n) is 3.34. The molecule has 1 aliphatic rings. The van der Waals surface area contributed by atoms with Crippen LogP contribution in [-0.2, 0) is 17.8 Å². The topological polar surface area (TPSA) is 106 Å². The van der Waals surface area contributed by atoms with E-state index < -0.39 is 0 Å². The van der Waals surface area contributed by atoms with Gasteiger partial charge in [0.1, 0.15) is 5.69 Å². The Bertz CT molecular complexity index is 814. The van der Waals surface area contributed by atoms with Crippen molar-refractivity contribution in [3.8, 4) is 0 Å². The third-order valence-corrected chi connectivity index (χ3v) is 4.84. The molecule has 1 aromatic carbocycles. The zero-order chi connectivity index (χ0) is 19.4. The maximum absolute atomic E-state index is 12.7. The van der Waals surface area contributed by atoms with E-state index in [9.17, 15) is 14.9 Å². The first-order valence-electron chi connectivity index (χ1n) is 9.04. The minimum atomic E-state index is -0.366. The Morgan fingerprint density at radius 3 is 2.70 bits per heavy atom. The van der Waals surface area contributed by atoms with Crippen LogP contribution >= 0.6 is 0 Å². The molecule has 27 heavy (non-hydrogen) atoms. The molecule has 9 nitrogen and oxygen atoms in total. The van der Waals surface area contributed by atoms with E-state index in [2.05, 4.69) is 10.1 Å². The summed E-state index contributed by atoms with van der Waals surface area (Å²) in [6.45, 7) is 3.44. The number of aromatic nitrogens is 2. The van der Waals surface area contributed by atoms with Crippen LogP contribution in [0.5, 0.6) is 0 Å². The Labute approximate surface area is 157 Å². The monoisotopic (exact) mass is 373 g/mol. The SMILES string of the molecule is CCc1noc(CN(C)C(=O)C2CCN(c3ccccc3[N+](=O)[O-])CC2)n1. The number of nitrogens with zero attached hydrogens (tertiary/aromatic N) is 5. The summed E-state index contributed by atoms with van der Waals surface area (Å²) in [5.74, 6) is 0.986.